The third-order valence-electron chi connectivity index (χ3n) is 0.568. The molecule has 0 saturated heterocycles. The minimum atomic E-state index is -1.000. The van der Waals surface area contributed by atoms with Crippen molar-refractivity contribution in [3.63, 3.8) is 0 Å². The summed E-state index contributed by atoms with van der Waals surface area (Å²) in [6.07, 6.45) is 0.986. The molecule has 0 radical (unpaired) electrons. The quantitative estimate of drug-likeness (QED) is 0.257. The van der Waals surface area contributed by atoms with E-state index >= 15 is 0 Å². The first-order valence-electron chi connectivity index (χ1n) is 2.04. The third-order valence-corrected chi connectivity index (χ3v) is 0.568. The number of aliphatic carboxylic acids is 1. The second-order valence-corrected chi connectivity index (χ2v) is 1.31. The number of hydrogen-bond acceptors (Lipinski definition) is 3. The minimum absolute atomic E-state index is 0.428. The highest BCUT2D eigenvalue weighted by atomic mass is 16.4. The summed E-state index contributed by atoms with van der Waals surface area (Å²) in [4.78, 5) is 9.80. The van der Waals surface area contributed by atoms with Gasteiger partial charge in [-0.25, -0.2) is 4.79 Å². The van der Waals surface area contributed by atoms with Crippen LogP contribution in [-0.4, -0.2) is 11.1 Å². The number of rotatable bonds is 2. The van der Waals surface area contributed by atoms with Crippen molar-refractivity contribution in [1.29, 1.82) is 0 Å². The Hall–Kier alpha value is -1.03. The number of carboxylic acids is 1. The second kappa shape index (κ2) is 3.04. The molecule has 0 saturated carbocycles. The van der Waals surface area contributed by atoms with Crippen LogP contribution in [0.5, 0.6) is 0 Å². The SMILES string of the molecule is C/C(=C/C(=O)O)NN. The molecule has 0 rings (SSSR count). The Labute approximate surface area is 47.0 Å². The molecule has 0 aliphatic heterocycles. The molecule has 0 heterocycles. The van der Waals surface area contributed by atoms with Crippen LogP contribution < -0.4 is 11.3 Å². The van der Waals surface area contributed by atoms with E-state index in [0.717, 1.165) is 6.08 Å². The number of nitrogens with one attached hydrogen (secondary N) is 1. The van der Waals surface area contributed by atoms with Gasteiger partial charge in [-0.1, -0.05) is 0 Å². The van der Waals surface area contributed by atoms with Crippen molar-refractivity contribution in [2.45, 2.75) is 6.92 Å². The zero-order valence-electron chi connectivity index (χ0n) is 4.51. The average Bonchev–Trinajstić information content (AvgIpc) is 1.65. The standard InChI is InChI=1S/C4H8N2O2/c1-3(6-5)2-4(7)8/h2,6H,5H2,1H3,(H,7,8)/b3-2-. The fraction of sp³-hybridized carbons (Fsp3) is 0.250. The van der Waals surface area contributed by atoms with Gasteiger partial charge < -0.3 is 10.5 Å². The Kier molecular flexibility index (Phi) is 2.64. The normalized spacial score (nSPS) is 11.0. The van der Waals surface area contributed by atoms with E-state index in [1.54, 1.807) is 6.92 Å². The molecule has 0 aromatic carbocycles. The van der Waals surface area contributed by atoms with E-state index < -0.39 is 5.97 Å². The van der Waals surface area contributed by atoms with Gasteiger partial charge >= 0.3 is 5.97 Å². The van der Waals surface area contributed by atoms with Crippen LogP contribution in [0.25, 0.3) is 0 Å². The van der Waals surface area contributed by atoms with Crippen LogP contribution >= 0.6 is 0 Å². The number of hydrazine groups is 1. The molecule has 0 aliphatic rings. The number of nitrogens with two attached hydrogens (primary N) is 1. The first kappa shape index (κ1) is 6.97. The molecular formula is C4H8N2O2. The van der Waals surface area contributed by atoms with Crippen molar-refractivity contribution in [2.24, 2.45) is 5.84 Å². The number of allylic oxidation sites excluding steroid dienone is 1. The molecule has 0 fully saturated rings. The summed E-state index contributed by atoms with van der Waals surface area (Å²) in [5, 5.41) is 8.04. The highest BCUT2D eigenvalue weighted by Crippen LogP contribution is 1.80. The number of hydrogen-bond donors (Lipinski definition) is 3. The number of carbonyl (C=O) groups is 1. The molecule has 0 spiro atoms. The predicted molar refractivity (Wildman–Crippen MR) is 28.7 cm³/mol. The summed E-state index contributed by atoms with van der Waals surface area (Å²) in [6.45, 7) is 1.56. The lowest BCUT2D eigenvalue weighted by Gasteiger charge is -1.92. The Morgan fingerprint density at radius 2 is 2.38 bits per heavy atom. The van der Waals surface area contributed by atoms with Crippen LogP contribution in [-0.2, 0) is 4.79 Å². The second-order valence-electron chi connectivity index (χ2n) is 1.31. The molecule has 4 heteroatoms. The molecule has 0 aliphatic carbocycles. The maximum absolute atomic E-state index is 9.80. The van der Waals surface area contributed by atoms with E-state index in [2.05, 4.69) is 5.43 Å². The van der Waals surface area contributed by atoms with Crippen LogP contribution in [0, 0.1) is 0 Å². The van der Waals surface area contributed by atoms with E-state index in [0.29, 0.717) is 5.70 Å². The smallest absolute Gasteiger partial charge is 0.330 e. The lowest BCUT2D eigenvalue weighted by molar-refractivity contribution is -0.131. The summed E-state index contributed by atoms with van der Waals surface area (Å²) in [5.41, 5.74) is 2.60. The van der Waals surface area contributed by atoms with Crippen LogP contribution in [0.3, 0.4) is 0 Å². The van der Waals surface area contributed by atoms with Crippen LogP contribution in [0.1, 0.15) is 6.92 Å². The van der Waals surface area contributed by atoms with Gasteiger partial charge in [0.25, 0.3) is 0 Å². The summed E-state index contributed by atoms with van der Waals surface area (Å²) < 4.78 is 0. The first-order chi connectivity index (χ1) is 3.66. The zero-order valence-corrected chi connectivity index (χ0v) is 4.51. The van der Waals surface area contributed by atoms with E-state index in [9.17, 15) is 4.79 Å². The largest absolute Gasteiger partial charge is 0.478 e. The van der Waals surface area contributed by atoms with Gasteiger partial charge in [-0.3, -0.25) is 5.84 Å². The van der Waals surface area contributed by atoms with Crippen molar-refractivity contribution in [3.8, 4) is 0 Å². The highest BCUT2D eigenvalue weighted by molar-refractivity contribution is 5.80. The molecule has 0 atom stereocenters. The van der Waals surface area contributed by atoms with Crippen molar-refractivity contribution in [1.82, 2.24) is 5.43 Å². The fourth-order valence-electron chi connectivity index (χ4n) is 0.227. The molecule has 0 bridgehead atoms. The Bertz CT molecular complexity index is 119. The fourth-order valence-corrected chi connectivity index (χ4v) is 0.227. The first-order valence-corrected chi connectivity index (χ1v) is 2.04. The van der Waals surface area contributed by atoms with E-state index in [-0.39, 0.29) is 0 Å². The Morgan fingerprint density at radius 3 is 2.50 bits per heavy atom. The maximum Gasteiger partial charge on any atom is 0.330 e. The lowest BCUT2D eigenvalue weighted by atomic mass is 10.4. The van der Waals surface area contributed by atoms with Crippen LogP contribution in [0.2, 0.25) is 0 Å². The summed E-state index contributed by atoms with van der Waals surface area (Å²) in [7, 11) is 0. The van der Waals surface area contributed by atoms with Gasteiger partial charge in [0.15, 0.2) is 0 Å². The molecule has 4 N–H and O–H groups in total. The highest BCUT2D eigenvalue weighted by Gasteiger charge is 1.87. The van der Waals surface area contributed by atoms with Crippen LogP contribution in [0.4, 0.5) is 0 Å². The minimum Gasteiger partial charge on any atom is -0.478 e. The van der Waals surface area contributed by atoms with E-state index in [1.807, 2.05) is 0 Å². The summed E-state index contributed by atoms with van der Waals surface area (Å²) in [5.74, 6) is 3.84. The van der Waals surface area contributed by atoms with E-state index in [1.165, 1.54) is 0 Å². The van der Waals surface area contributed by atoms with Gasteiger partial charge in [-0.15, -0.1) is 0 Å². The topological polar surface area (TPSA) is 75.3 Å². The molecule has 46 valence electrons. The van der Waals surface area contributed by atoms with Gasteiger partial charge in [-0.2, -0.15) is 0 Å². The molecule has 0 amide bonds. The molecule has 8 heavy (non-hydrogen) atoms. The Balaban J connectivity index is 3.75. The van der Waals surface area contributed by atoms with Crippen LogP contribution in [0.15, 0.2) is 11.8 Å². The van der Waals surface area contributed by atoms with Gasteiger partial charge in [0.05, 0.1) is 0 Å². The van der Waals surface area contributed by atoms with Gasteiger partial charge in [0, 0.05) is 11.8 Å². The Morgan fingerprint density at radius 1 is 1.88 bits per heavy atom. The van der Waals surface area contributed by atoms with Crippen molar-refractivity contribution in [2.75, 3.05) is 0 Å². The maximum atomic E-state index is 9.80. The van der Waals surface area contributed by atoms with Crippen molar-refractivity contribution in [3.05, 3.63) is 11.8 Å². The third kappa shape index (κ3) is 3.17. The predicted octanol–water partition coefficient (Wildman–Crippen LogP) is -0.562. The molecule has 4 nitrogen and oxygen atoms in total. The van der Waals surface area contributed by atoms with E-state index in [4.69, 9.17) is 10.9 Å². The lowest BCUT2D eigenvalue weighted by Crippen LogP contribution is -2.19. The molecule has 0 aromatic rings. The molecule has 0 unspecified atom stereocenters. The van der Waals surface area contributed by atoms with Gasteiger partial charge in [0.2, 0.25) is 0 Å². The summed E-state index contributed by atoms with van der Waals surface area (Å²) >= 11 is 0. The van der Waals surface area contributed by atoms with Gasteiger partial charge in [-0.05, 0) is 6.92 Å². The average molecular weight is 116 g/mol. The molecular weight excluding hydrogens is 108 g/mol. The van der Waals surface area contributed by atoms with Crippen molar-refractivity contribution < 1.29 is 9.90 Å². The van der Waals surface area contributed by atoms with Gasteiger partial charge in [0.1, 0.15) is 0 Å². The van der Waals surface area contributed by atoms with Crippen molar-refractivity contribution >= 4 is 5.97 Å². The number of carboxylic acid groups (broad SMARTS) is 1. The summed E-state index contributed by atoms with van der Waals surface area (Å²) in [6, 6.07) is 0. The monoisotopic (exact) mass is 116 g/mol. The molecule has 0 aromatic heterocycles. The zero-order chi connectivity index (χ0) is 6.57.